The van der Waals surface area contributed by atoms with Crippen molar-refractivity contribution < 1.29 is 9.90 Å². The molecule has 0 aliphatic heterocycles. The quantitative estimate of drug-likeness (QED) is 0.334. The van der Waals surface area contributed by atoms with Gasteiger partial charge in [0.1, 0.15) is 5.69 Å². The Morgan fingerprint density at radius 1 is 1.03 bits per heavy atom. The number of unbranched alkanes of at least 4 members (excludes halogenated alkanes) is 2. The van der Waals surface area contributed by atoms with E-state index in [1.807, 2.05) is 53.2 Å². The van der Waals surface area contributed by atoms with Crippen molar-refractivity contribution in [2.45, 2.75) is 45.7 Å². The van der Waals surface area contributed by atoms with Crippen molar-refractivity contribution in [2.75, 3.05) is 5.32 Å². The Bertz CT molecular complexity index is 977. The highest BCUT2D eigenvalue weighted by Gasteiger charge is 2.13. The Labute approximate surface area is 187 Å². The fourth-order valence-corrected chi connectivity index (χ4v) is 3.96. The molecule has 2 aromatic carbocycles. The number of halogens is 2. The van der Waals surface area contributed by atoms with Gasteiger partial charge in [0, 0.05) is 40.6 Å². The van der Waals surface area contributed by atoms with Crippen molar-refractivity contribution in [3.05, 3.63) is 87.2 Å². The zero-order chi connectivity index (χ0) is 21.5. The third kappa shape index (κ3) is 5.80. The molecular weight excluding hydrogens is 419 g/mol. The molecule has 158 valence electrons. The van der Waals surface area contributed by atoms with E-state index >= 15 is 0 Å². The normalized spacial score (nSPS) is 10.9. The van der Waals surface area contributed by atoms with Crippen molar-refractivity contribution in [3.63, 3.8) is 0 Å². The Balaban J connectivity index is 1.64. The van der Waals surface area contributed by atoms with Gasteiger partial charge >= 0.3 is 5.97 Å². The lowest BCUT2D eigenvalue weighted by Gasteiger charge is -2.10. The maximum absolute atomic E-state index is 11.6. The summed E-state index contributed by atoms with van der Waals surface area (Å²) in [6, 6.07) is 15.4. The van der Waals surface area contributed by atoms with Crippen molar-refractivity contribution in [1.29, 1.82) is 0 Å². The van der Waals surface area contributed by atoms with E-state index in [0.29, 0.717) is 28.7 Å². The van der Waals surface area contributed by atoms with Gasteiger partial charge in [-0.3, -0.25) is 0 Å². The van der Waals surface area contributed by atoms with Gasteiger partial charge in [0.05, 0.1) is 0 Å². The largest absolute Gasteiger partial charge is 0.477 e. The number of nitrogens with zero attached hydrogens (tertiary/aromatic N) is 1. The van der Waals surface area contributed by atoms with Gasteiger partial charge in [-0.2, -0.15) is 0 Å². The van der Waals surface area contributed by atoms with Gasteiger partial charge in [0.25, 0.3) is 0 Å². The van der Waals surface area contributed by atoms with Crippen LogP contribution in [0.25, 0.3) is 0 Å². The molecule has 0 bridgehead atoms. The fraction of sp³-hybridized carbons (Fsp3) is 0.292. The topological polar surface area (TPSA) is 54.3 Å². The van der Waals surface area contributed by atoms with Gasteiger partial charge in [-0.1, -0.05) is 61.2 Å². The number of aromatic carboxylic acids is 1. The number of carboxylic acids is 1. The van der Waals surface area contributed by atoms with E-state index in [1.165, 1.54) is 0 Å². The lowest BCUT2D eigenvalue weighted by molar-refractivity contribution is 0.0685. The van der Waals surface area contributed by atoms with Gasteiger partial charge in [-0.05, 0) is 54.3 Å². The first kappa shape index (κ1) is 22.3. The van der Waals surface area contributed by atoms with Gasteiger partial charge in [-0.15, -0.1) is 0 Å². The number of nitrogens with one attached hydrogen (secondary N) is 1. The van der Waals surface area contributed by atoms with Gasteiger partial charge in [-0.25, -0.2) is 4.79 Å². The summed E-state index contributed by atoms with van der Waals surface area (Å²) in [6.07, 6.45) is 5.85. The van der Waals surface area contributed by atoms with Gasteiger partial charge in [0.2, 0.25) is 0 Å². The highest BCUT2D eigenvalue weighted by atomic mass is 35.5. The van der Waals surface area contributed by atoms with E-state index in [-0.39, 0.29) is 0 Å². The van der Waals surface area contributed by atoms with E-state index in [9.17, 15) is 9.90 Å². The maximum Gasteiger partial charge on any atom is 0.352 e. The minimum atomic E-state index is -0.879. The molecule has 0 aliphatic rings. The van der Waals surface area contributed by atoms with Gasteiger partial charge < -0.3 is 15.0 Å². The van der Waals surface area contributed by atoms with Crippen LogP contribution in [0, 0.1) is 0 Å². The number of aryl methyl sites for hydroxylation is 1. The molecule has 0 atom stereocenters. The third-order valence-electron chi connectivity index (χ3n) is 5.07. The molecule has 0 amide bonds. The second-order valence-corrected chi connectivity index (χ2v) is 8.18. The standard InChI is InChI=1S/C24H26Cl2N2O2/c1-2-3-4-12-28-16-18(14-23(28)24(29)30)13-17-8-10-19(11-9-17)27-15-20-21(25)6-5-7-22(20)26/h5-11,14,16,27H,2-4,12-13,15H2,1H3,(H,29,30). The van der Waals surface area contributed by atoms with E-state index < -0.39 is 5.97 Å². The molecule has 2 N–H and O–H groups in total. The second kappa shape index (κ2) is 10.6. The predicted molar refractivity (Wildman–Crippen MR) is 124 cm³/mol. The first-order valence-electron chi connectivity index (χ1n) is 10.2. The summed E-state index contributed by atoms with van der Waals surface area (Å²) in [7, 11) is 0. The summed E-state index contributed by atoms with van der Waals surface area (Å²) in [5.74, 6) is -0.879. The van der Waals surface area contributed by atoms with Crippen molar-refractivity contribution in [3.8, 4) is 0 Å². The fourth-order valence-electron chi connectivity index (χ4n) is 3.43. The molecule has 30 heavy (non-hydrogen) atoms. The summed E-state index contributed by atoms with van der Waals surface area (Å²) in [6.45, 7) is 3.42. The highest BCUT2D eigenvalue weighted by molar-refractivity contribution is 6.36. The Morgan fingerprint density at radius 2 is 1.73 bits per heavy atom. The van der Waals surface area contributed by atoms with E-state index in [0.717, 1.165) is 48.2 Å². The number of hydrogen-bond donors (Lipinski definition) is 2. The Morgan fingerprint density at radius 3 is 2.37 bits per heavy atom. The molecule has 0 unspecified atom stereocenters. The van der Waals surface area contributed by atoms with Gasteiger partial charge in [0.15, 0.2) is 0 Å². The molecule has 4 nitrogen and oxygen atoms in total. The van der Waals surface area contributed by atoms with E-state index in [1.54, 1.807) is 6.07 Å². The summed E-state index contributed by atoms with van der Waals surface area (Å²) in [5.41, 5.74) is 4.33. The lowest BCUT2D eigenvalue weighted by atomic mass is 10.1. The van der Waals surface area contributed by atoms with Crippen LogP contribution >= 0.6 is 23.2 Å². The van der Waals surface area contributed by atoms with Crippen LogP contribution in [0.3, 0.4) is 0 Å². The van der Waals surface area contributed by atoms with Crippen LogP contribution in [0.2, 0.25) is 10.0 Å². The Hall–Kier alpha value is -2.43. The zero-order valence-electron chi connectivity index (χ0n) is 17.0. The second-order valence-electron chi connectivity index (χ2n) is 7.37. The molecule has 1 heterocycles. The summed E-state index contributed by atoms with van der Waals surface area (Å²) in [4.78, 5) is 11.6. The highest BCUT2D eigenvalue weighted by Crippen LogP contribution is 2.25. The zero-order valence-corrected chi connectivity index (χ0v) is 18.5. The third-order valence-corrected chi connectivity index (χ3v) is 5.78. The SMILES string of the molecule is CCCCCn1cc(Cc2ccc(NCc3c(Cl)cccc3Cl)cc2)cc1C(=O)O. The van der Waals surface area contributed by atoms with Crippen molar-refractivity contribution in [1.82, 2.24) is 4.57 Å². The van der Waals surface area contributed by atoms with Crippen LogP contribution in [0.4, 0.5) is 5.69 Å². The molecule has 0 saturated heterocycles. The maximum atomic E-state index is 11.6. The molecule has 3 rings (SSSR count). The number of anilines is 1. The monoisotopic (exact) mass is 444 g/mol. The van der Waals surface area contributed by atoms with Crippen LogP contribution in [0.1, 0.15) is 53.4 Å². The number of carboxylic acid groups (broad SMARTS) is 1. The van der Waals surface area contributed by atoms with Crippen LogP contribution in [-0.4, -0.2) is 15.6 Å². The summed E-state index contributed by atoms with van der Waals surface area (Å²) in [5, 5.41) is 14.1. The summed E-state index contributed by atoms with van der Waals surface area (Å²) < 4.78 is 1.86. The van der Waals surface area contributed by atoms with E-state index in [2.05, 4.69) is 12.2 Å². The molecule has 0 saturated carbocycles. The number of rotatable bonds is 10. The number of hydrogen-bond acceptors (Lipinski definition) is 2. The number of benzene rings is 2. The molecule has 0 spiro atoms. The van der Waals surface area contributed by atoms with Crippen LogP contribution < -0.4 is 5.32 Å². The molecule has 1 aromatic heterocycles. The van der Waals surface area contributed by atoms with Crippen molar-refractivity contribution >= 4 is 34.9 Å². The minimum absolute atomic E-state index is 0.357. The molecule has 0 radical (unpaired) electrons. The predicted octanol–water partition coefficient (Wildman–Crippen LogP) is 6.89. The molecular formula is C24H26Cl2N2O2. The van der Waals surface area contributed by atoms with Crippen LogP contribution in [0.15, 0.2) is 54.7 Å². The summed E-state index contributed by atoms with van der Waals surface area (Å²) >= 11 is 12.4. The van der Waals surface area contributed by atoms with Crippen LogP contribution in [0.5, 0.6) is 0 Å². The average Bonchev–Trinajstić information content (AvgIpc) is 3.12. The number of aromatic nitrogens is 1. The van der Waals surface area contributed by atoms with Crippen LogP contribution in [-0.2, 0) is 19.5 Å². The molecule has 6 heteroatoms. The first-order valence-corrected chi connectivity index (χ1v) is 10.9. The Kier molecular flexibility index (Phi) is 7.83. The van der Waals surface area contributed by atoms with E-state index in [4.69, 9.17) is 23.2 Å². The number of carbonyl (C=O) groups is 1. The smallest absolute Gasteiger partial charge is 0.352 e. The molecule has 0 aliphatic carbocycles. The molecule has 3 aromatic rings. The minimum Gasteiger partial charge on any atom is -0.477 e. The molecule has 0 fully saturated rings. The van der Waals surface area contributed by atoms with Crippen molar-refractivity contribution in [2.24, 2.45) is 0 Å². The average molecular weight is 445 g/mol. The first-order chi connectivity index (χ1) is 14.5. The lowest BCUT2D eigenvalue weighted by Crippen LogP contribution is -2.07.